The van der Waals surface area contributed by atoms with E-state index in [0.29, 0.717) is 6.54 Å². The predicted octanol–water partition coefficient (Wildman–Crippen LogP) is 3.65. The summed E-state index contributed by atoms with van der Waals surface area (Å²) >= 11 is 3.56. The van der Waals surface area contributed by atoms with Crippen molar-refractivity contribution in [3.8, 4) is 0 Å². The second kappa shape index (κ2) is 10.3. The first-order chi connectivity index (χ1) is 8.69. The average Bonchev–Trinajstić information content (AvgIpc) is 2.37. The molecule has 3 nitrogen and oxygen atoms in total. The summed E-state index contributed by atoms with van der Waals surface area (Å²) in [6, 6.07) is 8.22. The number of hydrogen-bond acceptors (Lipinski definition) is 1. The Morgan fingerprint density at radius 3 is 2.74 bits per heavy atom. The summed E-state index contributed by atoms with van der Waals surface area (Å²) in [6.07, 6.45) is 1.80. The second-order valence-corrected chi connectivity index (χ2v) is 4.79. The van der Waals surface area contributed by atoms with Gasteiger partial charge in [-0.15, -0.1) is 30.6 Å². The molecule has 0 saturated carbocycles. The van der Waals surface area contributed by atoms with Crippen molar-refractivity contribution in [2.45, 2.75) is 13.5 Å². The van der Waals surface area contributed by atoms with Crippen LogP contribution in [0.5, 0.6) is 0 Å². The molecule has 0 aliphatic rings. The molecular formula is C14H21BrIN3. The maximum absolute atomic E-state index is 4.46. The first-order valence-corrected chi connectivity index (χ1v) is 6.82. The zero-order chi connectivity index (χ0) is 13.4. The monoisotopic (exact) mass is 437 g/mol. The second-order valence-electron chi connectivity index (χ2n) is 3.93. The Morgan fingerprint density at radius 2 is 2.16 bits per heavy atom. The molecule has 0 heterocycles. The van der Waals surface area contributed by atoms with Gasteiger partial charge in [0.25, 0.3) is 0 Å². The van der Waals surface area contributed by atoms with Crippen molar-refractivity contribution in [3.63, 3.8) is 0 Å². The summed E-state index contributed by atoms with van der Waals surface area (Å²) in [5, 5.41) is 3.27. The molecule has 0 atom stereocenters. The van der Waals surface area contributed by atoms with Gasteiger partial charge in [0.05, 0.1) is 6.54 Å². The van der Waals surface area contributed by atoms with Gasteiger partial charge in [0.15, 0.2) is 5.96 Å². The molecule has 0 aromatic heterocycles. The van der Waals surface area contributed by atoms with Crippen LogP contribution in [0.25, 0.3) is 0 Å². The Balaban J connectivity index is 0.00000324. The molecule has 0 bridgehead atoms. The Labute approximate surface area is 141 Å². The SMILES string of the molecule is C=CCN=C(NCC)N(C)Cc1ccccc1Br.I. The maximum Gasteiger partial charge on any atom is 0.194 e. The number of guanidine groups is 1. The average molecular weight is 438 g/mol. The fourth-order valence-corrected chi connectivity index (χ4v) is 1.99. The van der Waals surface area contributed by atoms with Crippen molar-refractivity contribution in [2.75, 3.05) is 20.1 Å². The van der Waals surface area contributed by atoms with E-state index in [2.05, 4.69) is 56.8 Å². The molecule has 0 spiro atoms. The van der Waals surface area contributed by atoms with Crippen LogP contribution >= 0.6 is 39.9 Å². The lowest BCUT2D eigenvalue weighted by molar-refractivity contribution is 0.477. The third kappa shape index (κ3) is 6.42. The first-order valence-electron chi connectivity index (χ1n) is 6.02. The highest BCUT2D eigenvalue weighted by atomic mass is 127. The molecule has 1 aromatic carbocycles. The van der Waals surface area contributed by atoms with Gasteiger partial charge in [-0.2, -0.15) is 0 Å². The van der Waals surface area contributed by atoms with E-state index in [-0.39, 0.29) is 24.0 Å². The first kappa shape index (κ1) is 18.4. The normalized spacial score (nSPS) is 10.6. The molecule has 0 amide bonds. The quantitative estimate of drug-likeness (QED) is 0.329. The zero-order valence-corrected chi connectivity index (χ0v) is 15.3. The van der Waals surface area contributed by atoms with E-state index in [1.807, 2.05) is 19.2 Å². The van der Waals surface area contributed by atoms with Crippen molar-refractivity contribution in [1.82, 2.24) is 10.2 Å². The van der Waals surface area contributed by atoms with E-state index in [0.717, 1.165) is 23.5 Å². The number of nitrogens with zero attached hydrogens (tertiary/aromatic N) is 2. The van der Waals surface area contributed by atoms with Gasteiger partial charge >= 0.3 is 0 Å². The summed E-state index contributed by atoms with van der Waals surface area (Å²) in [4.78, 5) is 6.56. The molecule has 1 aromatic rings. The van der Waals surface area contributed by atoms with Crippen LogP contribution in [0.15, 0.2) is 46.4 Å². The van der Waals surface area contributed by atoms with Crippen LogP contribution in [0.3, 0.4) is 0 Å². The number of rotatable bonds is 5. The molecule has 19 heavy (non-hydrogen) atoms. The van der Waals surface area contributed by atoms with E-state index in [1.165, 1.54) is 5.56 Å². The Bertz CT molecular complexity index is 421. The smallest absolute Gasteiger partial charge is 0.194 e. The summed E-state index contributed by atoms with van der Waals surface area (Å²) in [7, 11) is 2.03. The van der Waals surface area contributed by atoms with Gasteiger partial charge in [-0.3, -0.25) is 0 Å². The maximum atomic E-state index is 4.46. The molecule has 1 rings (SSSR count). The van der Waals surface area contributed by atoms with Gasteiger partial charge in [-0.25, -0.2) is 4.99 Å². The fourth-order valence-electron chi connectivity index (χ4n) is 1.58. The highest BCUT2D eigenvalue weighted by Gasteiger charge is 2.07. The van der Waals surface area contributed by atoms with Crippen LogP contribution in [0.4, 0.5) is 0 Å². The van der Waals surface area contributed by atoms with Gasteiger partial charge in [0, 0.05) is 24.6 Å². The molecule has 1 N–H and O–H groups in total. The largest absolute Gasteiger partial charge is 0.357 e. The Hall–Kier alpha value is -0.560. The predicted molar refractivity (Wildman–Crippen MR) is 97.2 cm³/mol. The van der Waals surface area contributed by atoms with Crippen LogP contribution in [0.2, 0.25) is 0 Å². The lowest BCUT2D eigenvalue weighted by Gasteiger charge is -2.22. The van der Waals surface area contributed by atoms with E-state index in [9.17, 15) is 0 Å². The minimum Gasteiger partial charge on any atom is -0.357 e. The standard InChI is InChI=1S/C14H20BrN3.HI/c1-4-10-17-14(16-5-2)18(3)11-12-8-6-7-9-13(12)15;/h4,6-9H,1,5,10-11H2,2-3H3,(H,16,17);1H. The number of nitrogens with one attached hydrogen (secondary N) is 1. The zero-order valence-electron chi connectivity index (χ0n) is 11.4. The highest BCUT2D eigenvalue weighted by Crippen LogP contribution is 2.17. The van der Waals surface area contributed by atoms with Crippen LogP contribution in [-0.2, 0) is 6.54 Å². The fraction of sp³-hybridized carbons (Fsp3) is 0.357. The van der Waals surface area contributed by atoms with Crippen LogP contribution in [-0.4, -0.2) is 31.0 Å². The molecule has 5 heteroatoms. The molecule has 0 fully saturated rings. The number of halogens is 2. The van der Waals surface area contributed by atoms with Crippen molar-refractivity contribution in [1.29, 1.82) is 0 Å². The minimum atomic E-state index is 0. The van der Waals surface area contributed by atoms with E-state index >= 15 is 0 Å². The number of aliphatic imine (C=N–C) groups is 1. The number of benzene rings is 1. The van der Waals surface area contributed by atoms with Gasteiger partial charge < -0.3 is 10.2 Å². The Morgan fingerprint density at radius 1 is 1.47 bits per heavy atom. The molecule has 0 aliphatic heterocycles. The highest BCUT2D eigenvalue weighted by molar-refractivity contribution is 14.0. The Kier molecular flexibility index (Phi) is 9.95. The molecule has 106 valence electrons. The van der Waals surface area contributed by atoms with Crippen molar-refractivity contribution in [3.05, 3.63) is 47.0 Å². The minimum absolute atomic E-state index is 0. The molecule has 0 radical (unpaired) electrons. The summed E-state index contributed by atoms with van der Waals surface area (Å²) < 4.78 is 1.12. The van der Waals surface area contributed by atoms with Crippen LogP contribution in [0.1, 0.15) is 12.5 Å². The van der Waals surface area contributed by atoms with Crippen LogP contribution in [0, 0.1) is 0 Å². The summed E-state index contributed by atoms with van der Waals surface area (Å²) in [6.45, 7) is 8.05. The lowest BCUT2D eigenvalue weighted by atomic mass is 10.2. The van der Waals surface area contributed by atoms with Crippen molar-refractivity contribution < 1.29 is 0 Å². The van der Waals surface area contributed by atoms with Gasteiger partial charge in [-0.05, 0) is 18.6 Å². The van der Waals surface area contributed by atoms with E-state index in [1.54, 1.807) is 6.08 Å². The van der Waals surface area contributed by atoms with Crippen molar-refractivity contribution >= 4 is 45.9 Å². The van der Waals surface area contributed by atoms with Crippen molar-refractivity contribution in [2.24, 2.45) is 4.99 Å². The van der Waals surface area contributed by atoms with Crippen LogP contribution < -0.4 is 5.32 Å². The third-order valence-electron chi connectivity index (χ3n) is 2.43. The number of hydrogen-bond donors (Lipinski definition) is 1. The summed E-state index contributed by atoms with van der Waals surface area (Å²) in [5.74, 6) is 0.896. The van der Waals surface area contributed by atoms with E-state index < -0.39 is 0 Å². The molecular weight excluding hydrogens is 417 g/mol. The lowest BCUT2D eigenvalue weighted by Crippen LogP contribution is -2.38. The molecule has 0 unspecified atom stereocenters. The molecule has 0 saturated heterocycles. The van der Waals surface area contributed by atoms with Gasteiger partial charge in [-0.1, -0.05) is 40.2 Å². The summed E-state index contributed by atoms with van der Waals surface area (Å²) in [5.41, 5.74) is 1.24. The van der Waals surface area contributed by atoms with Gasteiger partial charge in [0.1, 0.15) is 0 Å². The molecule has 0 aliphatic carbocycles. The van der Waals surface area contributed by atoms with Gasteiger partial charge in [0.2, 0.25) is 0 Å². The third-order valence-corrected chi connectivity index (χ3v) is 3.21. The van der Waals surface area contributed by atoms with E-state index in [4.69, 9.17) is 0 Å². The topological polar surface area (TPSA) is 27.6 Å².